The van der Waals surface area contributed by atoms with Crippen LogP contribution in [-0.2, 0) is 0 Å². The molecule has 33 heavy (non-hydrogen) atoms. The lowest BCUT2D eigenvalue weighted by molar-refractivity contribution is 0.242. The van der Waals surface area contributed by atoms with E-state index in [-0.39, 0.29) is 0 Å². The zero-order valence-corrected chi connectivity index (χ0v) is 20.6. The molecular weight excluding hydrogens is 398 g/mol. The third-order valence-electron chi connectivity index (χ3n) is 10.9. The van der Waals surface area contributed by atoms with Gasteiger partial charge < -0.3 is 0 Å². The molecule has 0 aromatic heterocycles. The molecule has 3 saturated carbocycles. The van der Waals surface area contributed by atoms with E-state index in [0.29, 0.717) is 23.2 Å². The summed E-state index contributed by atoms with van der Waals surface area (Å²) in [5.74, 6) is 5.39. The second-order valence-electron chi connectivity index (χ2n) is 12.5. The average molecular weight is 440 g/mol. The fourth-order valence-corrected chi connectivity index (χ4v) is 9.27. The van der Waals surface area contributed by atoms with E-state index in [4.69, 9.17) is 0 Å². The van der Waals surface area contributed by atoms with Crippen molar-refractivity contribution in [3.63, 3.8) is 0 Å². The first-order valence-corrected chi connectivity index (χ1v) is 14.0. The molecule has 0 N–H and O–H groups in total. The van der Waals surface area contributed by atoms with Crippen molar-refractivity contribution >= 4 is 0 Å². The fourth-order valence-electron chi connectivity index (χ4n) is 9.27. The van der Waals surface area contributed by atoms with Crippen LogP contribution in [0, 0.1) is 58.2 Å². The molecular formula is C32H41N. The van der Waals surface area contributed by atoms with Crippen molar-refractivity contribution in [3.8, 4) is 6.07 Å². The maximum Gasteiger partial charge on any atom is 0.0950 e. The molecule has 0 aliphatic heterocycles. The number of allylic oxidation sites excluding steroid dienone is 7. The van der Waals surface area contributed by atoms with E-state index in [1.807, 2.05) is 0 Å². The van der Waals surface area contributed by atoms with Crippen LogP contribution in [0.15, 0.2) is 52.8 Å². The van der Waals surface area contributed by atoms with Crippen LogP contribution in [0.25, 0.3) is 0 Å². The van der Waals surface area contributed by atoms with Crippen molar-refractivity contribution in [2.75, 3.05) is 0 Å². The Morgan fingerprint density at radius 2 is 2.09 bits per heavy atom. The summed E-state index contributed by atoms with van der Waals surface area (Å²) in [7, 11) is 0. The molecule has 6 aliphatic carbocycles. The minimum atomic E-state index is 0.389. The maximum atomic E-state index is 9.62. The Kier molecular flexibility index (Phi) is 5.58. The first-order chi connectivity index (χ1) is 16.1. The van der Waals surface area contributed by atoms with Gasteiger partial charge in [-0.15, -0.1) is 5.73 Å². The van der Waals surface area contributed by atoms with Crippen molar-refractivity contribution in [2.24, 2.45) is 46.8 Å². The van der Waals surface area contributed by atoms with Gasteiger partial charge in [0.05, 0.1) is 6.07 Å². The standard InChI is InChI=1S/C32H41N/c1-3-31(24-11-12-28-25(16-24)17-26(20-33)29-18-30(28)29)32-13-7-10-27(32)15-22(19-32)14-23-9-6-4-5-8-21(23)2/h4-5,17,21-24,27,29-30H,1,6-16,18-19H2,2H3/t21-,22-,23-,24?,27-,29?,30?,32-/m1/s1. The lowest BCUT2D eigenvalue weighted by Crippen LogP contribution is -2.29. The van der Waals surface area contributed by atoms with Crippen LogP contribution in [0.3, 0.4) is 0 Å². The van der Waals surface area contributed by atoms with Crippen molar-refractivity contribution in [1.29, 1.82) is 5.26 Å². The molecule has 0 aromatic rings. The number of hydrogen-bond donors (Lipinski definition) is 0. The normalized spacial score (nSPS) is 43.5. The van der Waals surface area contributed by atoms with Gasteiger partial charge in [-0.25, -0.2) is 0 Å². The summed E-state index contributed by atoms with van der Waals surface area (Å²) in [5.41, 5.74) is 9.90. The highest BCUT2D eigenvalue weighted by Crippen LogP contribution is 2.64. The Labute approximate surface area is 201 Å². The highest BCUT2D eigenvalue weighted by Gasteiger charge is 2.54. The van der Waals surface area contributed by atoms with Gasteiger partial charge in [-0.2, -0.15) is 5.26 Å². The van der Waals surface area contributed by atoms with Gasteiger partial charge in [0.1, 0.15) is 0 Å². The van der Waals surface area contributed by atoms with Gasteiger partial charge in [0.25, 0.3) is 0 Å². The quantitative estimate of drug-likeness (QED) is 0.318. The zero-order chi connectivity index (χ0) is 22.6. The largest absolute Gasteiger partial charge is 0.193 e. The van der Waals surface area contributed by atoms with Crippen LogP contribution in [0.4, 0.5) is 0 Å². The number of nitriles is 1. The number of rotatable bonds is 4. The SMILES string of the molecule is C=C=C(C1CCC2=C(C=C(C#N)C3CC23)C1)[C@@]12CCC[C@@H]1C[C@@H](C[C@H]1CCC=CC[C@H]1C)C2. The summed E-state index contributed by atoms with van der Waals surface area (Å²) in [4.78, 5) is 0. The van der Waals surface area contributed by atoms with Crippen molar-refractivity contribution in [1.82, 2.24) is 0 Å². The molecule has 1 heteroatoms. The monoisotopic (exact) mass is 439 g/mol. The van der Waals surface area contributed by atoms with Gasteiger partial charge in [0.2, 0.25) is 0 Å². The van der Waals surface area contributed by atoms with Crippen LogP contribution in [0.2, 0.25) is 0 Å². The molecule has 6 aliphatic rings. The first kappa shape index (κ1) is 21.7. The Morgan fingerprint density at radius 1 is 1.18 bits per heavy atom. The van der Waals surface area contributed by atoms with E-state index >= 15 is 0 Å². The predicted molar refractivity (Wildman–Crippen MR) is 135 cm³/mol. The summed E-state index contributed by atoms with van der Waals surface area (Å²) in [5, 5.41) is 9.62. The number of hydrogen-bond acceptors (Lipinski definition) is 1. The second kappa shape index (κ2) is 8.47. The highest BCUT2D eigenvalue weighted by molar-refractivity contribution is 5.49. The third-order valence-corrected chi connectivity index (χ3v) is 10.9. The molecule has 0 spiro atoms. The van der Waals surface area contributed by atoms with E-state index < -0.39 is 0 Å². The minimum absolute atomic E-state index is 0.389. The van der Waals surface area contributed by atoms with E-state index in [1.54, 1.807) is 11.1 Å². The second-order valence-corrected chi connectivity index (χ2v) is 12.5. The van der Waals surface area contributed by atoms with Crippen LogP contribution < -0.4 is 0 Å². The van der Waals surface area contributed by atoms with Gasteiger partial charge in [-0.3, -0.25) is 0 Å². The number of nitrogens with zero attached hydrogens (tertiary/aromatic N) is 1. The number of fused-ring (bicyclic) bond motifs is 3. The summed E-state index contributed by atoms with van der Waals surface area (Å²) in [6.45, 7) is 6.80. The molecule has 3 unspecified atom stereocenters. The van der Waals surface area contributed by atoms with Gasteiger partial charge >= 0.3 is 0 Å². The Bertz CT molecular complexity index is 994. The average Bonchev–Trinajstić information content (AvgIpc) is 3.47. The molecule has 1 nitrogen and oxygen atoms in total. The zero-order valence-electron chi connectivity index (χ0n) is 20.6. The van der Waals surface area contributed by atoms with Crippen molar-refractivity contribution in [2.45, 2.75) is 90.4 Å². The van der Waals surface area contributed by atoms with E-state index in [9.17, 15) is 5.26 Å². The molecule has 0 amide bonds. The fraction of sp³-hybridized carbons (Fsp3) is 0.688. The molecule has 0 bridgehead atoms. The van der Waals surface area contributed by atoms with Crippen LogP contribution in [-0.4, -0.2) is 0 Å². The summed E-state index contributed by atoms with van der Waals surface area (Å²) in [6, 6.07) is 2.52. The smallest absolute Gasteiger partial charge is 0.0950 e. The Morgan fingerprint density at radius 3 is 2.94 bits per heavy atom. The van der Waals surface area contributed by atoms with E-state index in [1.165, 1.54) is 82.6 Å². The van der Waals surface area contributed by atoms with Crippen molar-refractivity contribution < 1.29 is 0 Å². The molecule has 6 rings (SSSR count). The van der Waals surface area contributed by atoms with E-state index in [0.717, 1.165) is 35.7 Å². The van der Waals surface area contributed by atoms with Crippen LogP contribution in [0.1, 0.15) is 90.4 Å². The van der Waals surface area contributed by atoms with Crippen LogP contribution >= 0.6 is 0 Å². The summed E-state index contributed by atoms with van der Waals surface area (Å²) < 4.78 is 0. The van der Waals surface area contributed by atoms with Gasteiger partial charge in [0, 0.05) is 16.9 Å². The minimum Gasteiger partial charge on any atom is -0.193 e. The van der Waals surface area contributed by atoms with Gasteiger partial charge in [0.15, 0.2) is 0 Å². The van der Waals surface area contributed by atoms with Crippen molar-refractivity contribution in [3.05, 3.63) is 52.8 Å². The first-order valence-electron chi connectivity index (χ1n) is 14.0. The van der Waals surface area contributed by atoms with Crippen LogP contribution in [0.5, 0.6) is 0 Å². The molecule has 3 fully saturated rings. The predicted octanol–water partition coefficient (Wildman–Crippen LogP) is 8.47. The molecule has 174 valence electrons. The molecule has 8 atom stereocenters. The van der Waals surface area contributed by atoms with Gasteiger partial charge in [-0.05, 0) is 130 Å². The maximum absolute atomic E-state index is 9.62. The lowest BCUT2D eigenvalue weighted by atomic mass is 9.64. The molecule has 0 radical (unpaired) electrons. The van der Waals surface area contributed by atoms with Gasteiger partial charge in [-0.1, -0.05) is 37.6 Å². The molecule has 0 aromatic carbocycles. The highest BCUT2D eigenvalue weighted by atomic mass is 14.6. The molecule has 0 heterocycles. The lowest BCUT2D eigenvalue weighted by Gasteiger charge is -2.39. The summed E-state index contributed by atoms with van der Waals surface area (Å²) >= 11 is 0. The van der Waals surface area contributed by atoms with E-state index in [2.05, 4.69) is 43.5 Å². The third kappa shape index (κ3) is 3.65. The summed E-state index contributed by atoms with van der Waals surface area (Å²) in [6.07, 6.45) is 24.5. The Hall–Kier alpha value is -1.77. The topological polar surface area (TPSA) is 23.8 Å². The Balaban J connectivity index is 1.21. The molecule has 0 saturated heterocycles.